The van der Waals surface area contributed by atoms with Crippen molar-refractivity contribution in [1.82, 2.24) is 10.6 Å². The van der Waals surface area contributed by atoms with E-state index in [1.807, 2.05) is 4.90 Å². The number of anilines is 1. The van der Waals surface area contributed by atoms with Crippen molar-refractivity contribution in [2.24, 2.45) is 17.8 Å². The smallest absolute Gasteiger partial charge is 0.403 e. The van der Waals surface area contributed by atoms with Gasteiger partial charge >= 0.3 is 6.36 Å². The van der Waals surface area contributed by atoms with Crippen molar-refractivity contribution in [3.05, 3.63) is 24.0 Å². The minimum absolute atomic E-state index is 0.00463. The topological polar surface area (TPSA) is 53.6 Å². The minimum Gasteiger partial charge on any atom is -0.403 e. The fraction of sp³-hybridized carbons (Fsp3) is 0.667. The quantitative estimate of drug-likeness (QED) is 0.647. The molecule has 1 aliphatic heterocycles. The van der Waals surface area contributed by atoms with E-state index in [2.05, 4.69) is 29.2 Å². The molecule has 1 aliphatic carbocycles. The van der Waals surface area contributed by atoms with Crippen LogP contribution in [0.15, 0.2) is 18.2 Å². The van der Waals surface area contributed by atoms with Crippen LogP contribution in [0.25, 0.3) is 0 Å². The number of ether oxygens (including phenoxy) is 1. The first-order valence-corrected chi connectivity index (χ1v) is 10.3. The van der Waals surface area contributed by atoms with Crippen molar-refractivity contribution >= 4 is 11.6 Å². The Bertz CT molecular complexity index is 756. The van der Waals surface area contributed by atoms with E-state index in [-0.39, 0.29) is 23.9 Å². The van der Waals surface area contributed by atoms with Crippen molar-refractivity contribution in [1.29, 1.82) is 0 Å². The summed E-state index contributed by atoms with van der Waals surface area (Å²) in [5.74, 6) is -0.890. The molecule has 2 aliphatic rings. The van der Waals surface area contributed by atoms with Gasteiger partial charge in [0, 0.05) is 36.8 Å². The molecular formula is C21H29F4N3O2. The van der Waals surface area contributed by atoms with Crippen molar-refractivity contribution in [2.45, 2.75) is 51.6 Å². The summed E-state index contributed by atoms with van der Waals surface area (Å²) in [7, 11) is 1.78. The number of hydrogen-bond donors (Lipinski definition) is 2. The highest BCUT2D eigenvalue weighted by Crippen LogP contribution is 2.41. The van der Waals surface area contributed by atoms with Gasteiger partial charge in [0.1, 0.15) is 0 Å². The maximum atomic E-state index is 14.1. The fourth-order valence-electron chi connectivity index (χ4n) is 4.66. The van der Waals surface area contributed by atoms with Crippen LogP contribution in [0.5, 0.6) is 5.75 Å². The molecule has 0 aromatic heterocycles. The van der Waals surface area contributed by atoms with E-state index >= 15 is 0 Å². The Morgan fingerprint density at radius 3 is 2.60 bits per heavy atom. The van der Waals surface area contributed by atoms with Gasteiger partial charge in [-0.05, 0) is 50.3 Å². The lowest BCUT2D eigenvalue weighted by atomic mass is 9.97. The Hall–Kier alpha value is -2.03. The highest BCUT2D eigenvalue weighted by atomic mass is 19.4. The fourth-order valence-corrected chi connectivity index (χ4v) is 4.66. The summed E-state index contributed by atoms with van der Waals surface area (Å²) in [6.45, 7) is 5.46. The van der Waals surface area contributed by atoms with Crippen LogP contribution in [-0.4, -0.2) is 44.5 Å². The van der Waals surface area contributed by atoms with Gasteiger partial charge in [0.15, 0.2) is 11.6 Å². The summed E-state index contributed by atoms with van der Waals surface area (Å²) >= 11 is 0. The monoisotopic (exact) mass is 431 g/mol. The van der Waals surface area contributed by atoms with Gasteiger partial charge in [0.2, 0.25) is 5.91 Å². The molecule has 30 heavy (non-hydrogen) atoms. The number of rotatable bonds is 7. The Kier molecular flexibility index (Phi) is 6.79. The SMILES string of the molecule is CN[C@@H](CC(C)C)C(=O)N[C@H]1CC[C@@H]2CN(c3ccc(OC(F)(F)F)c(F)c3)C[C@@H]21. The summed E-state index contributed by atoms with van der Waals surface area (Å²) in [4.78, 5) is 14.6. The normalized spacial score (nSPS) is 24.8. The number of alkyl halides is 3. The second kappa shape index (κ2) is 8.99. The van der Waals surface area contributed by atoms with Crippen molar-refractivity contribution < 1.29 is 27.1 Å². The molecule has 9 heteroatoms. The van der Waals surface area contributed by atoms with Gasteiger partial charge in [0.05, 0.1) is 6.04 Å². The van der Waals surface area contributed by atoms with E-state index in [4.69, 9.17) is 0 Å². The minimum atomic E-state index is -4.93. The maximum absolute atomic E-state index is 14.1. The Morgan fingerprint density at radius 1 is 1.27 bits per heavy atom. The number of amides is 1. The van der Waals surface area contributed by atoms with E-state index in [1.165, 1.54) is 6.07 Å². The van der Waals surface area contributed by atoms with Gasteiger partial charge in [-0.1, -0.05) is 13.8 Å². The highest BCUT2D eigenvalue weighted by Gasteiger charge is 2.44. The van der Waals surface area contributed by atoms with Crippen molar-refractivity contribution in [2.75, 3.05) is 25.0 Å². The first kappa shape index (κ1) is 22.7. The molecule has 2 N–H and O–H groups in total. The Balaban J connectivity index is 1.63. The number of nitrogens with one attached hydrogen (secondary N) is 2. The lowest BCUT2D eigenvalue weighted by molar-refractivity contribution is -0.275. The van der Waals surface area contributed by atoms with E-state index < -0.39 is 17.9 Å². The van der Waals surface area contributed by atoms with Crippen LogP contribution >= 0.6 is 0 Å². The largest absolute Gasteiger partial charge is 0.573 e. The third-order valence-electron chi connectivity index (χ3n) is 6.06. The van der Waals surface area contributed by atoms with E-state index in [1.54, 1.807) is 7.05 Å². The zero-order valence-electron chi connectivity index (χ0n) is 17.4. The molecule has 1 aromatic carbocycles. The lowest BCUT2D eigenvalue weighted by Crippen LogP contribution is -2.49. The van der Waals surface area contributed by atoms with Crippen LogP contribution in [0.2, 0.25) is 0 Å². The molecule has 0 spiro atoms. The first-order valence-electron chi connectivity index (χ1n) is 10.3. The molecule has 0 radical (unpaired) electrons. The second-order valence-electron chi connectivity index (χ2n) is 8.65. The second-order valence-corrected chi connectivity index (χ2v) is 8.65. The molecule has 2 fully saturated rings. The predicted octanol–water partition coefficient (Wildman–Crippen LogP) is 3.69. The molecule has 1 heterocycles. The van der Waals surface area contributed by atoms with Crippen molar-refractivity contribution in [3.8, 4) is 5.75 Å². The van der Waals surface area contributed by atoms with Gasteiger partial charge < -0.3 is 20.3 Å². The molecule has 1 amide bonds. The standard InChI is InChI=1S/C21H29F4N3O2/c1-12(2)8-18(26-3)20(29)27-17-6-4-13-10-28(11-15(13)17)14-5-7-19(16(22)9-14)30-21(23,24)25/h5,7,9,12-13,15,17-18,26H,4,6,8,10-11H2,1-3H3,(H,27,29)/t13-,15+,17+,18+/m1/s1. The summed E-state index contributed by atoms with van der Waals surface area (Å²) in [6.07, 6.45) is -2.32. The number of likely N-dealkylation sites (N-methyl/N-ethyl adjacent to an activating group) is 1. The molecule has 3 rings (SSSR count). The molecule has 0 unspecified atom stereocenters. The van der Waals surface area contributed by atoms with Crippen LogP contribution < -0.4 is 20.3 Å². The summed E-state index contributed by atoms with van der Waals surface area (Å²) in [5.41, 5.74) is 0.523. The van der Waals surface area contributed by atoms with Crippen LogP contribution in [0.4, 0.5) is 23.2 Å². The summed E-state index contributed by atoms with van der Waals surface area (Å²) < 4.78 is 54.8. The zero-order chi connectivity index (χ0) is 22.1. The Labute approximate surface area is 174 Å². The molecular weight excluding hydrogens is 402 g/mol. The average Bonchev–Trinajstić information content (AvgIpc) is 3.22. The van der Waals surface area contributed by atoms with Gasteiger partial charge in [-0.15, -0.1) is 13.2 Å². The number of benzene rings is 1. The number of carbonyl (C=O) groups is 1. The third-order valence-corrected chi connectivity index (χ3v) is 6.06. The number of halogens is 4. The highest BCUT2D eigenvalue weighted by molar-refractivity contribution is 5.82. The molecule has 4 atom stereocenters. The van der Waals surface area contributed by atoms with E-state index in [9.17, 15) is 22.4 Å². The van der Waals surface area contributed by atoms with Gasteiger partial charge in [-0.3, -0.25) is 4.79 Å². The molecule has 5 nitrogen and oxygen atoms in total. The Morgan fingerprint density at radius 2 is 2.00 bits per heavy atom. The number of nitrogens with zero attached hydrogens (tertiary/aromatic N) is 1. The number of fused-ring (bicyclic) bond motifs is 1. The molecule has 168 valence electrons. The zero-order valence-corrected chi connectivity index (χ0v) is 17.4. The van der Waals surface area contributed by atoms with E-state index in [0.29, 0.717) is 30.6 Å². The maximum Gasteiger partial charge on any atom is 0.573 e. The number of hydrogen-bond acceptors (Lipinski definition) is 4. The number of carbonyl (C=O) groups excluding carboxylic acids is 1. The lowest BCUT2D eigenvalue weighted by Gasteiger charge is -2.26. The summed E-state index contributed by atoms with van der Waals surface area (Å²) in [6, 6.07) is 3.34. The van der Waals surface area contributed by atoms with Gasteiger partial charge in [-0.2, -0.15) is 0 Å². The van der Waals surface area contributed by atoms with Crippen LogP contribution in [0.1, 0.15) is 33.1 Å². The average molecular weight is 431 g/mol. The van der Waals surface area contributed by atoms with Crippen LogP contribution in [0.3, 0.4) is 0 Å². The molecule has 0 bridgehead atoms. The third kappa shape index (κ3) is 5.36. The predicted molar refractivity (Wildman–Crippen MR) is 106 cm³/mol. The van der Waals surface area contributed by atoms with E-state index in [0.717, 1.165) is 31.4 Å². The van der Waals surface area contributed by atoms with Crippen molar-refractivity contribution in [3.63, 3.8) is 0 Å². The molecule has 1 saturated carbocycles. The van der Waals surface area contributed by atoms with Crippen LogP contribution in [-0.2, 0) is 4.79 Å². The first-order chi connectivity index (χ1) is 14.1. The summed E-state index contributed by atoms with van der Waals surface area (Å²) in [5, 5.41) is 6.25. The van der Waals surface area contributed by atoms with Gasteiger partial charge in [0.25, 0.3) is 0 Å². The van der Waals surface area contributed by atoms with Crippen LogP contribution in [0, 0.1) is 23.6 Å². The van der Waals surface area contributed by atoms with Gasteiger partial charge in [-0.25, -0.2) is 4.39 Å². The molecule has 1 aromatic rings. The molecule has 1 saturated heterocycles.